The van der Waals surface area contributed by atoms with Crippen LogP contribution >= 0.6 is 0 Å². The molecule has 1 fully saturated rings. The molecule has 1 aliphatic rings. The molecular weight excluding hydrogens is 406 g/mol. The maximum absolute atomic E-state index is 12.7. The number of carbonyl (C=O) groups excluding carboxylic acids is 1. The third-order valence-electron chi connectivity index (χ3n) is 6.56. The van der Waals surface area contributed by atoms with Crippen LogP contribution in [0, 0.1) is 17.2 Å². The Kier molecular flexibility index (Phi) is 7.65. The second-order valence-electron chi connectivity index (χ2n) is 11.3. The van der Waals surface area contributed by atoms with Crippen molar-refractivity contribution in [2.45, 2.75) is 83.7 Å². The monoisotopic (exact) mass is 445 g/mol. The maximum atomic E-state index is 12.7. The number of hydrogen-bond donors (Lipinski definition) is 2. The minimum atomic E-state index is -0.253. The number of benzene rings is 2. The second kappa shape index (κ2) is 10.1. The third-order valence-corrected chi connectivity index (χ3v) is 6.56. The number of amides is 1. The predicted octanol–water partition coefficient (Wildman–Crippen LogP) is 6.15. The number of nitrogens with one attached hydrogen (secondary N) is 2. The first-order valence-corrected chi connectivity index (χ1v) is 12.1. The van der Waals surface area contributed by atoms with Crippen molar-refractivity contribution in [1.29, 1.82) is 5.26 Å². The van der Waals surface area contributed by atoms with Gasteiger partial charge < -0.3 is 10.6 Å². The average Bonchev–Trinajstić information content (AvgIpc) is 2.74. The summed E-state index contributed by atoms with van der Waals surface area (Å²) in [4.78, 5) is 12.7. The second-order valence-corrected chi connectivity index (χ2v) is 11.3. The number of nitrogens with zero attached hydrogens (tertiary/aromatic N) is 1. The van der Waals surface area contributed by atoms with E-state index in [2.05, 4.69) is 88.6 Å². The normalized spacial score (nSPS) is 18.5. The molecule has 176 valence electrons. The summed E-state index contributed by atoms with van der Waals surface area (Å²) >= 11 is 0. The molecule has 0 aliphatic carbocycles. The van der Waals surface area contributed by atoms with Crippen LogP contribution < -0.4 is 10.6 Å². The SMILES string of the molecule is CC(C)CC(C(=O)NCC#N)c1cccc(-c2ccc(C3CC(C)(C)NC(C)(C)C3)cc2)c1. The molecule has 0 spiro atoms. The Morgan fingerprint density at radius 1 is 1.06 bits per heavy atom. The lowest BCUT2D eigenvalue weighted by atomic mass is 9.73. The van der Waals surface area contributed by atoms with Crippen molar-refractivity contribution in [2.24, 2.45) is 5.92 Å². The van der Waals surface area contributed by atoms with Gasteiger partial charge in [-0.2, -0.15) is 5.26 Å². The molecule has 1 aliphatic heterocycles. The number of nitriles is 1. The first kappa shape index (κ1) is 25.0. The van der Waals surface area contributed by atoms with E-state index >= 15 is 0 Å². The third kappa shape index (κ3) is 6.68. The van der Waals surface area contributed by atoms with Crippen LogP contribution in [0.3, 0.4) is 0 Å². The largest absolute Gasteiger partial charge is 0.342 e. The van der Waals surface area contributed by atoms with Gasteiger partial charge >= 0.3 is 0 Å². The van der Waals surface area contributed by atoms with E-state index < -0.39 is 0 Å². The molecule has 0 radical (unpaired) electrons. The zero-order valence-electron chi connectivity index (χ0n) is 21.0. The lowest BCUT2D eigenvalue weighted by Crippen LogP contribution is -2.57. The molecule has 1 saturated heterocycles. The predicted molar refractivity (Wildman–Crippen MR) is 136 cm³/mol. The van der Waals surface area contributed by atoms with Crippen LogP contribution in [0.15, 0.2) is 48.5 Å². The summed E-state index contributed by atoms with van der Waals surface area (Å²) in [5, 5.41) is 15.4. The molecule has 0 aromatic heterocycles. The van der Waals surface area contributed by atoms with E-state index in [9.17, 15) is 4.79 Å². The van der Waals surface area contributed by atoms with Gasteiger partial charge in [-0.3, -0.25) is 4.79 Å². The summed E-state index contributed by atoms with van der Waals surface area (Å²) in [7, 11) is 0. The van der Waals surface area contributed by atoms with Crippen molar-refractivity contribution in [3.63, 3.8) is 0 Å². The van der Waals surface area contributed by atoms with Gasteiger partial charge in [0, 0.05) is 11.1 Å². The van der Waals surface area contributed by atoms with Gasteiger partial charge in [-0.05, 0) is 81.0 Å². The van der Waals surface area contributed by atoms with Crippen LogP contribution in [0.1, 0.15) is 83.8 Å². The highest BCUT2D eigenvalue weighted by atomic mass is 16.1. The first-order valence-electron chi connectivity index (χ1n) is 12.1. The maximum Gasteiger partial charge on any atom is 0.228 e. The molecule has 3 rings (SSSR count). The van der Waals surface area contributed by atoms with Crippen molar-refractivity contribution in [3.05, 3.63) is 59.7 Å². The number of carbonyl (C=O) groups is 1. The van der Waals surface area contributed by atoms with E-state index in [0.717, 1.165) is 36.0 Å². The van der Waals surface area contributed by atoms with Gasteiger partial charge in [-0.1, -0.05) is 62.4 Å². The van der Waals surface area contributed by atoms with Crippen molar-refractivity contribution >= 4 is 5.91 Å². The number of rotatable bonds is 7. The summed E-state index contributed by atoms with van der Waals surface area (Å²) in [6.45, 7) is 13.5. The van der Waals surface area contributed by atoms with Crippen LogP contribution in [0.4, 0.5) is 0 Å². The lowest BCUT2D eigenvalue weighted by Gasteiger charge is -2.46. The smallest absolute Gasteiger partial charge is 0.228 e. The molecule has 4 heteroatoms. The Balaban J connectivity index is 1.84. The van der Waals surface area contributed by atoms with Crippen LogP contribution in [-0.2, 0) is 4.79 Å². The van der Waals surface area contributed by atoms with Crippen LogP contribution in [-0.4, -0.2) is 23.5 Å². The summed E-state index contributed by atoms with van der Waals surface area (Å²) in [6, 6.07) is 19.3. The van der Waals surface area contributed by atoms with Crippen LogP contribution in [0.25, 0.3) is 11.1 Å². The van der Waals surface area contributed by atoms with Gasteiger partial charge in [0.25, 0.3) is 0 Å². The fourth-order valence-corrected chi connectivity index (χ4v) is 5.56. The van der Waals surface area contributed by atoms with E-state index in [1.807, 2.05) is 18.2 Å². The lowest BCUT2D eigenvalue weighted by molar-refractivity contribution is -0.122. The Labute approximate surface area is 199 Å². The number of hydrogen-bond acceptors (Lipinski definition) is 3. The topological polar surface area (TPSA) is 64.9 Å². The molecule has 1 unspecified atom stereocenters. The van der Waals surface area contributed by atoms with E-state index in [1.165, 1.54) is 5.56 Å². The van der Waals surface area contributed by atoms with Gasteiger partial charge in [-0.25, -0.2) is 0 Å². The minimum Gasteiger partial charge on any atom is -0.342 e. The quantitative estimate of drug-likeness (QED) is 0.503. The van der Waals surface area contributed by atoms with Gasteiger partial charge in [0.15, 0.2) is 0 Å². The minimum absolute atomic E-state index is 0.0406. The number of piperidine rings is 1. The Hall–Kier alpha value is -2.64. The molecule has 4 nitrogen and oxygen atoms in total. The summed E-state index contributed by atoms with van der Waals surface area (Å²) in [5.74, 6) is 0.589. The van der Waals surface area contributed by atoms with Gasteiger partial charge in [-0.15, -0.1) is 0 Å². The molecule has 2 N–H and O–H groups in total. The standard InChI is InChI=1S/C29H39N3O/c1-20(2)16-26(27(33)31-15-14-30)24-9-7-8-23(17-24)21-10-12-22(13-11-21)25-18-28(3,4)32-29(5,6)19-25/h7-13,17,20,25-26,32H,15-16,18-19H2,1-6H3,(H,31,33). The molecule has 0 saturated carbocycles. The van der Waals surface area contributed by atoms with E-state index in [4.69, 9.17) is 5.26 Å². The Morgan fingerprint density at radius 3 is 2.27 bits per heavy atom. The van der Waals surface area contributed by atoms with Crippen molar-refractivity contribution in [2.75, 3.05) is 6.54 Å². The molecule has 1 heterocycles. The van der Waals surface area contributed by atoms with Crippen LogP contribution in [0.2, 0.25) is 0 Å². The Bertz CT molecular complexity index is 982. The first-order chi connectivity index (χ1) is 15.5. The molecule has 1 amide bonds. The fraction of sp³-hybridized carbons (Fsp3) is 0.517. The highest BCUT2D eigenvalue weighted by Crippen LogP contribution is 2.39. The summed E-state index contributed by atoms with van der Waals surface area (Å²) in [6.07, 6.45) is 3.00. The van der Waals surface area contributed by atoms with Crippen LogP contribution in [0.5, 0.6) is 0 Å². The van der Waals surface area contributed by atoms with Gasteiger partial charge in [0.1, 0.15) is 6.54 Å². The Morgan fingerprint density at radius 2 is 1.70 bits per heavy atom. The molecular formula is C29H39N3O. The van der Waals surface area contributed by atoms with E-state index in [-0.39, 0.29) is 29.4 Å². The zero-order chi connectivity index (χ0) is 24.2. The molecule has 1 atom stereocenters. The van der Waals surface area contributed by atoms with Crippen molar-refractivity contribution in [1.82, 2.24) is 10.6 Å². The van der Waals surface area contributed by atoms with Crippen molar-refractivity contribution < 1.29 is 4.79 Å². The van der Waals surface area contributed by atoms with Crippen molar-refractivity contribution in [3.8, 4) is 17.2 Å². The van der Waals surface area contributed by atoms with Gasteiger partial charge in [0.2, 0.25) is 5.91 Å². The zero-order valence-corrected chi connectivity index (χ0v) is 21.0. The highest BCUT2D eigenvalue weighted by molar-refractivity contribution is 5.84. The van der Waals surface area contributed by atoms with E-state index in [0.29, 0.717) is 11.8 Å². The van der Waals surface area contributed by atoms with Gasteiger partial charge in [0.05, 0.1) is 12.0 Å². The fourth-order valence-electron chi connectivity index (χ4n) is 5.56. The highest BCUT2D eigenvalue weighted by Gasteiger charge is 2.38. The average molecular weight is 446 g/mol. The molecule has 33 heavy (non-hydrogen) atoms. The summed E-state index contributed by atoms with van der Waals surface area (Å²) < 4.78 is 0. The summed E-state index contributed by atoms with van der Waals surface area (Å²) in [5.41, 5.74) is 4.92. The molecule has 2 aromatic rings. The van der Waals surface area contributed by atoms with E-state index in [1.54, 1.807) is 0 Å². The molecule has 2 aromatic carbocycles. The molecule has 0 bridgehead atoms.